The monoisotopic (exact) mass is 1270 g/mol. The second-order valence-corrected chi connectivity index (χ2v) is 25.9. The van der Waals surface area contributed by atoms with Crippen molar-refractivity contribution >= 4 is 33.6 Å². The molecule has 0 rings (SSSR count). The average molecular weight is 1270 g/mol. The molecule has 0 saturated carbocycles. The van der Waals surface area contributed by atoms with Crippen LogP contribution in [0.5, 0.6) is 0 Å². The normalized spacial score (nSPS) is 14.7. The maximum absolute atomic E-state index is 12.9. The topological polar surface area (TPSA) is 231 Å². The van der Waals surface area contributed by atoms with Gasteiger partial charge in [-0.25, -0.2) is 9.13 Å². The molecule has 0 bridgehead atoms. The first-order valence-electron chi connectivity index (χ1n) is 34.2. The molecule has 18 heteroatoms. The lowest BCUT2D eigenvalue weighted by molar-refractivity contribution is -0.161. The second kappa shape index (κ2) is 63.2. The summed E-state index contributed by atoms with van der Waals surface area (Å²) in [5.41, 5.74) is 0. The molecule has 0 aromatic rings. The summed E-state index contributed by atoms with van der Waals surface area (Å²) in [6.45, 7) is 2.54. The van der Waals surface area contributed by atoms with Gasteiger partial charge in [0.05, 0.1) is 26.4 Å². The Morgan fingerprint density at radius 1 is 0.333 bits per heavy atom. The predicted octanol–water partition coefficient (Wildman–Crippen LogP) is 18.8. The number of ether oxygens (including phenoxy) is 3. The number of aliphatic hydroxyl groups is 2. The van der Waals surface area contributed by atoms with Crippen molar-refractivity contribution in [1.29, 1.82) is 0 Å². The predicted molar refractivity (Wildman–Crippen MR) is 353 cm³/mol. The van der Waals surface area contributed by atoms with Crippen LogP contribution in [0.4, 0.5) is 0 Å². The van der Waals surface area contributed by atoms with Gasteiger partial charge in [0.25, 0.3) is 0 Å². The maximum Gasteiger partial charge on any atom is 0.472 e. The number of esters is 3. The van der Waals surface area contributed by atoms with Gasteiger partial charge in [0.2, 0.25) is 0 Å². The number of allylic oxidation sites excluding steroid dienone is 12. The molecule has 4 N–H and O–H groups in total. The lowest BCUT2D eigenvalue weighted by Crippen LogP contribution is -2.30. The van der Waals surface area contributed by atoms with E-state index < -0.39 is 91.5 Å². The van der Waals surface area contributed by atoms with Gasteiger partial charge >= 0.3 is 33.6 Å². The molecular formula is C69H124O16P2. The Bertz CT molecular complexity index is 1880. The van der Waals surface area contributed by atoms with Crippen LogP contribution in [0.2, 0.25) is 0 Å². The molecule has 5 unspecified atom stereocenters. The van der Waals surface area contributed by atoms with Gasteiger partial charge in [-0.05, 0) is 70.6 Å². The second-order valence-electron chi connectivity index (χ2n) is 23.0. The van der Waals surface area contributed by atoms with Gasteiger partial charge in [0, 0.05) is 19.3 Å². The molecule has 0 aliphatic rings. The largest absolute Gasteiger partial charge is 0.472 e. The lowest BCUT2D eigenvalue weighted by Gasteiger charge is -2.21. The molecule has 5 atom stereocenters. The fourth-order valence-electron chi connectivity index (χ4n) is 9.22. The van der Waals surface area contributed by atoms with E-state index in [2.05, 4.69) is 93.7 Å². The number of aliphatic hydroxyl groups excluding tert-OH is 2. The molecule has 0 heterocycles. The zero-order chi connectivity index (χ0) is 63.8. The standard InChI is InChI=1S/C69H124O16P2/c1-4-7-10-13-16-19-22-25-28-29-30-31-32-33-36-38-40-43-46-49-52-55-67(72)79-58-64(70)59-81-86(75,76)82-60-65(71)61-83-87(77,78)84-63-66(85-69(74)57-54-51-48-45-42-39-35-27-24-21-18-15-12-9-6-3)62-80-68(73)56-53-50-47-44-41-37-34-26-23-20-17-14-11-8-5-2/h7,10,16,19,25,28,30-31,33,36,40,43,64-66,70-71H,4-6,8-9,11-15,17-18,20-24,26-27,29,32,34-35,37-39,41-42,44-63H2,1-3H3,(H,75,76)(H,77,78)/b10-7-,19-16-,28-25-,31-30-,36-33-,43-40-. The summed E-state index contributed by atoms with van der Waals surface area (Å²) < 4.78 is 60.8. The highest BCUT2D eigenvalue weighted by atomic mass is 31.2. The minimum Gasteiger partial charge on any atom is -0.463 e. The Kier molecular flexibility index (Phi) is 61.0. The van der Waals surface area contributed by atoms with Gasteiger partial charge in [-0.3, -0.25) is 32.5 Å². The Labute approximate surface area is 528 Å². The summed E-state index contributed by atoms with van der Waals surface area (Å²) in [6, 6.07) is 0. The van der Waals surface area contributed by atoms with Crippen LogP contribution < -0.4 is 0 Å². The van der Waals surface area contributed by atoms with Gasteiger partial charge in [0.1, 0.15) is 25.4 Å². The first kappa shape index (κ1) is 84.0. The number of rotatable bonds is 65. The highest BCUT2D eigenvalue weighted by molar-refractivity contribution is 7.47. The van der Waals surface area contributed by atoms with Crippen molar-refractivity contribution in [2.24, 2.45) is 0 Å². The van der Waals surface area contributed by atoms with Crippen LogP contribution in [0.25, 0.3) is 0 Å². The molecular weight excluding hydrogens is 1150 g/mol. The van der Waals surface area contributed by atoms with E-state index in [1.165, 1.54) is 135 Å². The Morgan fingerprint density at radius 3 is 0.966 bits per heavy atom. The highest BCUT2D eigenvalue weighted by Crippen LogP contribution is 2.45. The zero-order valence-corrected chi connectivity index (χ0v) is 56.5. The van der Waals surface area contributed by atoms with Crippen LogP contribution in [-0.4, -0.2) is 95.9 Å². The quantitative estimate of drug-likeness (QED) is 0.0146. The van der Waals surface area contributed by atoms with Crippen molar-refractivity contribution in [3.8, 4) is 0 Å². The molecule has 0 fully saturated rings. The van der Waals surface area contributed by atoms with Crippen molar-refractivity contribution in [3.05, 3.63) is 72.9 Å². The SMILES string of the molecule is CC/C=C\C/C=C\C/C=C\C/C=C\C/C=C\C/C=C\CCCCC(=O)OCC(O)COP(=O)(O)OCC(O)COP(=O)(O)OCC(COC(=O)CCCCCCCCCCCCCCCCC)OC(=O)CCCCCCCCCCCCCCCCC. The minimum absolute atomic E-state index is 0.111. The lowest BCUT2D eigenvalue weighted by atomic mass is 10.0. The summed E-state index contributed by atoms with van der Waals surface area (Å²) in [5, 5.41) is 20.5. The first-order chi connectivity index (χ1) is 42.2. The molecule has 87 heavy (non-hydrogen) atoms. The van der Waals surface area contributed by atoms with Gasteiger partial charge in [-0.1, -0.05) is 273 Å². The summed E-state index contributed by atoms with van der Waals surface area (Å²) in [7, 11) is -9.77. The third-order valence-electron chi connectivity index (χ3n) is 14.4. The van der Waals surface area contributed by atoms with Crippen molar-refractivity contribution in [2.45, 2.75) is 309 Å². The zero-order valence-electron chi connectivity index (χ0n) is 54.7. The molecule has 0 saturated heterocycles. The van der Waals surface area contributed by atoms with Crippen LogP contribution in [0.1, 0.15) is 290 Å². The summed E-state index contributed by atoms with van der Waals surface area (Å²) in [4.78, 5) is 58.3. The average Bonchev–Trinajstić information content (AvgIpc) is 3.68. The van der Waals surface area contributed by atoms with E-state index in [4.69, 9.17) is 32.3 Å². The fourth-order valence-corrected chi connectivity index (χ4v) is 10.8. The molecule has 506 valence electrons. The fraction of sp³-hybridized carbons (Fsp3) is 0.783. The van der Waals surface area contributed by atoms with E-state index in [9.17, 15) is 43.5 Å². The van der Waals surface area contributed by atoms with Crippen LogP contribution in [0.15, 0.2) is 72.9 Å². The number of carbonyl (C=O) groups excluding carboxylic acids is 3. The molecule has 16 nitrogen and oxygen atoms in total. The van der Waals surface area contributed by atoms with E-state index >= 15 is 0 Å². The number of hydrogen-bond acceptors (Lipinski definition) is 14. The van der Waals surface area contributed by atoms with Crippen molar-refractivity contribution in [3.63, 3.8) is 0 Å². The van der Waals surface area contributed by atoms with Gasteiger partial charge in [-0.2, -0.15) is 0 Å². The first-order valence-corrected chi connectivity index (χ1v) is 37.2. The number of phosphoric acid groups is 2. The van der Waals surface area contributed by atoms with E-state index in [-0.39, 0.29) is 19.3 Å². The van der Waals surface area contributed by atoms with Crippen LogP contribution in [-0.2, 0) is 55.8 Å². The number of phosphoric ester groups is 2. The number of unbranched alkanes of at least 4 members (excludes halogenated alkanes) is 30. The summed E-state index contributed by atoms with van der Waals surface area (Å²) >= 11 is 0. The van der Waals surface area contributed by atoms with Gasteiger partial charge < -0.3 is 34.2 Å². The van der Waals surface area contributed by atoms with E-state index in [1.54, 1.807) is 0 Å². The van der Waals surface area contributed by atoms with Crippen LogP contribution in [0, 0.1) is 0 Å². The van der Waals surface area contributed by atoms with Crippen LogP contribution in [0.3, 0.4) is 0 Å². The Morgan fingerprint density at radius 2 is 0.609 bits per heavy atom. The summed E-state index contributed by atoms with van der Waals surface area (Å²) in [6.07, 6.45) is 65.2. The minimum atomic E-state index is -4.92. The number of carbonyl (C=O) groups is 3. The molecule has 0 aliphatic heterocycles. The highest BCUT2D eigenvalue weighted by Gasteiger charge is 2.29. The maximum atomic E-state index is 12.9. The van der Waals surface area contributed by atoms with E-state index in [1.807, 2.05) is 0 Å². The van der Waals surface area contributed by atoms with Crippen molar-refractivity contribution in [1.82, 2.24) is 0 Å². The van der Waals surface area contributed by atoms with E-state index in [0.717, 1.165) is 96.3 Å². The van der Waals surface area contributed by atoms with Crippen molar-refractivity contribution < 1.29 is 75.8 Å². The summed E-state index contributed by atoms with van der Waals surface area (Å²) in [5.74, 6) is -1.60. The molecule has 0 spiro atoms. The molecule has 0 aliphatic carbocycles. The molecule has 0 radical (unpaired) electrons. The third-order valence-corrected chi connectivity index (χ3v) is 16.3. The molecule has 0 amide bonds. The van der Waals surface area contributed by atoms with Crippen molar-refractivity contribution in [2.75, 3.05) is 39.6 Å². The Balaban J connectivity index is 4.65. The third kappa shape index (κ3) is 64.3. The van der Waals surface area contributed by atoms with Gasteiger partial charge in [-0.15, -0.1) is 0 Å². The molecule has 0 aromatic heterocycles. The van der Waals surface area contributed by atoms with Gasteiger partial charge in [0.15, 0.2) is 6.10 Å². The number of hydrogen-bond donors (Lipinski definition) is 4. The van der Waals surface area contributed by atoms with Crippen LogP contribution >= 0.6 is 15.6 Å². The smallest absolute Gasteiger partial charge is 0.463 e. The Hall–Kier alpha value is -3.01. The van der Waals surface area contributed by atoms with E-state index in [0.29, 0.717) is 19.3 Å². The molecule has 0 aromatic carbocycles.